The van der Waals surface area contributed by atoms with Crippen molar-refractivity contribution in [2.24, 2.45) is 11.7 Å². The van der Waals surface area contributed by atoms with Crippen molar-refractivity contribution in [1.82, 2.24) is 10.4 Å². The summed E-state index contributed by atoms with van der Waals surface area (Å²) in [7, 11) is 0. The minimum Gasteiger partial charge on any atom is -0.473 e. The fourth-order valence-corrected chi connectivity index (χ4v) is 2.78. The van der Waals surface area contributed by atoms with E-state index in [1.165, 1.54) is 12.3 Å². The Morgan fingerprint density at radius 3 is 3.19 bits per heavy atom. The molecule has 0 aromatic rings. The molecule has 1 atom stereocenters. The molecular weight excluding hydrogens is 336 g/mol. The van der Waals surface area contributed by atoms with E-state index in [1.807, 2.05) is 13.0 Å². The van der Waals surface area contributed by atoms with Crippen molar-refractivity contribution >= 4 is 27.7 Å². The van der Waals surface area contributed by atoms with Gasteiger partial charge in [0.1, 0.15) is 6.61 Å². The van der Waals surface area contributed by atoms with E-state index in [1.54, 1.807) is 5.01 Å². The highest BCUT2D eigenvalue weighted by molar-refractivity contribution is 9.12. The highest BCUT2D eigenvalue weighted by Crippen LogP contribution is 2.33. The van der Waals surface area contributed by atoms with Gasteiger partial charge in [-0.3, -0.25) is 10.2 Å². The molecule has 6 nitrogen and oxygen atoms in total. The number of amides is 1. The van der Waals surface area contributed by atoms with E-state index < -0.39 is 0 Å². The van der Waals surface area contributed by atoms with Crippen molar-refractivity contribution in [3.8, 4) is 0 Å². The second-order valence-electron chi connectivity index (χ2n) is 4.96. The number of ether oxygens (including phenoxy) is 1. The average molecular weight is 355 g/mol. The van der Waals surface area contributed by atoms with Gasteiger partial charge in [0.15, 0.2) is 0 Å². The van der Waals surface area contributed by atoms with E-state index in [0.29, 0.717) is 6.42 Å². The third-order valence-electron chi connectivity index (χ3n) is 3.49. The number of hydrogen-bond donors (Lipinski definition) is 3. The Labute approximate surface area is 132 Å². The maximum Gasteiger partial charge on any atom is 0.243 e. The molecule has 0 spiro atoms. The standard InChI is InChI=1S/C14H19BrN4O2/c1-9-5-7-18-19(14(9)20)12-3-2-11(15)10(12)8-21-13(17)4-6-16/h2,4,6,9,17-18H,3,5,7-8,16H2,1H3/b6-4-,17-13?. The Balaban J connectivity index is 2.15. The smallest absolute Gasteiger partial charge is 0.243 e. The van der Waals surface area contributed by atoms with Crippen LogP contribution >= 0.6 is 15.9 Å². The third kappa shape index (κ3) is 3.54. The summed E-state index contributed by atoms with van der Waals surface area (Å²) in [6.45, 7) is 2.93. The zero-order chi connectivity index (χ0) is 15.4. The lowest BCUT2D eigenvalue weighted by Gasteiger charge is -2.33. The van der Waals surface area contributed by atoms with Crippen LogP contribution < -0.4 is 11.2 Å². The van der Waals surface area contributed by atoms with Gasteiger partial charge in [0.25, 0.3) is 0 Å². The van der Waals surface area contributed by atoms with E-state index >= 15 is 0 Å². The molecule has 114 valence electrons. The Morgan fingerprint density at radius 1 is 1.71 bits per heavy atom. The van der Waals surface area contributed by atoms with Gasteiger partial charge in [-0.05, 0) is 12.6 Å². The quantitative estimate of drug-likeness (QED) is 0.529. The molecule has 1 heterocycles. The van der Waals surface area contributed by atoms with Crippen molar-refractivity contribution < 1.29 is 9.53 Å². The van der Waals surface area contributed by atoms with Crippen LogP contribution in [0.1, 0.15) is 19.8 Å². The fourth-order valence-electron chi connectivity index (χ4n) is 2.28. The van der Waals surface area contributed by atoms with Crippen LogP contribution in [-0.4, -0.2) is 30.0 Å². The summed E-state index contributed by atoms with van der Waals surface area (Å²) in [6.07, 6.45) is 6.12. The Bertz CT molecular complexity index is 539. The molecule has 0 bridgehead atoms. The Morgan fingerprint density at radius 2 is 2.48 bits per heavy atom. The van der Waals surface area contributed by atoms with Gasteiger partial charge in [0.2, 0.25) is 11.8 Å². The molecule has 1 unspecified atom stereocenters. The molecule has 1 aliphatic carbocycles. The number of rotatable bonds is 4. The van der Waals surface area contributed by atoms with Crippen LogP contribution in [0.5, 0.6) is 0 Å². The number of nitrogens with one attached hydrogen (secondary N) is 2. The van der Waals surface area contributed by atoms with Crippen LogP contribution in [0.2, 0.25) is 0 Å². The van der Waals surface area contributed by atoms with Gasteiger partial charge in [-0.15, -0.1) is 0 Å². The zero-order valence-electron chi connectivity index (χ0n) is 11.9. The van der Waals surface area contributed by atoms with Crippen LogP contribution in [0.25, 0.3) is 0 Å². The van der Waals surface area contributed by atoms with Crippen LogP contribution in [-0.2, 0) is 9.53 Å². The maximum atomic E-state index is 12.3. The zero-order valence-corrected chi connectivity index (χ0v) is 13.4. The molecule has 0 aromatic carbocycles. The van der Waals surface area contributed by atoms with E-state index in [0.717, 1.165) is 28.7 Å². The molecule has 2 aliphatic rings. The highest BCUT2D eigenvalue weighted by atomic mass is 79.9. The molecule has 4 N–H and O–H groups in total. The first-order valence-electron chi connectivity index (χ1n) is 6.79. The van der Waals surface area contributed by atoms with Gasteiger partial charge in [-0.2, -0.15) is 0 Å². The van der Waals surface area contributed by atoms with Crippen molar-refractivity contribution in [2.45, 2.75) is 19.8 Å². The van der Waals surface area contributed by atoms with E-state index in [4.69, 9.17) is 15.9 Å². The predicted molar refractivity (Wildman–Crippen MR) is 84.3 cm³/mol. The molecule has 7 heteroatoms. The van der Waals surface area contributed by atoms with Crippen molar-refractivity contribution in [1.29, 1.82) is 5.41 Å². The predicted octanol–water partition coefficient (Wildman–Crippen LogP) is 1.76. The fraction of sp³-hybridized carbons (Fsp3) is 0.429. The van der Waals surface area contributed by atoms with Gasteiger partial charge in [0.05, 0.1) is 0 Å². The normalized spacial score (nSPS) is 23.0. The molecule has 0 radical (unpaired) electrons. The number of allylic oxidation sites excluding steroid dienone is 1. The molecular formula is C14H19BrN4O2. The first-order chi connectivity index (χ1) is 10.0. The Kier molecular flexibility index (Phi) is 5.19. The number of hydrogen-bond acceptors (Lipinski definition) is 5. The number of hydrazine groups is 1. The van der Waals surface area contributed by atoms with Gasteiger partial charge < -0.3 is 10.5 Å². The molecule has 1 fully saturated rings. The third-order valence-corrected chi connectivity index (χ3v) is 4.29. The van der Waals surface area contributed by atoms with E-state index in [9.17, 15) is 4.79 Å². The van der Waals surface area contributed by atoms with Gasteiger partial charge in [0, 0.05) is 40.7 Å². The molecule has 1 aliphatic heterocycles. The van der Waals surface area contributed by atoms with E-state index in [-0.39, 0.29) is 24.3 Å². The monoisotopic (exact) mass is 354 g/mol. The minimum absolute atomic E-state index is 0.0113. The summed E-state index contributed by atoms with van der Waals surface area (Å²) in [5, 5.41) is 9.18. The molecule has 1 saturated heterocycles. The summed E-state index contributed by atoms with van der Waals surface area (Å²) in [5.41, 5.74) is 10.1. The molecule has 21 heavy (non-hydrogen) atoms. The minimum atomic E-state index is -0.0113. The van der Waals surface area contributed by atoms with E-state index in [2.05, 4.69) is 21.4 Å². The number of halogens is 1. The average Bonchev–Trinajstić information content (AvgIpc) is 2.81. The maximum absolute atomic E-state index is 12.3. The van der Waals surface area contributed by atoms with Crippen LogP contribution in [0, 0.1) is 11.3 Å². The lowest BCUT2D eigenvalue weighted by Crippen LogP contribution is -2.50. The van der Waals surface area contributed by atoms with Crippen LogP contribution in [0.15, 0.2) is 34.1 Å². The number of nitrogens with two attached hydrogens (primary N) is 1. The number of carbonyl (C=O) groups is 1. The van der Waals surface area contributed by atoms with Crippen molar-refractivity contribution in [2.75, 3.05) is 13.2 Å². The lowest BCUT2D eigenvalue weighted by molar-refractivity contribution is -0.138. The van der Waals surface area contributed by atoms with Crippen LogP contribution in [0.3, 0.4) is 0 Å². The summed E-state index contributed by atoms with van der Waals surface area (Å²) in [4.78, 5) is 12.3. The Hall–Kier alpha value is -1.60. The van der Waals surface area contributed by atoms with Gasteiger partial charge in [-0.1, -0.05) is 28.9 Å². The topological polar surface area (TPSA) is 91.4 Å². The lowest BCUT2D eigenvalue weighted by atomic mass is 10.0. The molecule has 0 saturated carbocycles. The van der Waals surface area contributed by atoms with Gasteiger partial charge in [-0.25, -0.2) is 10.4 Å². The number of nitrogens with zero attached hydrogens (tertiary/aromatic N) is 1. The second-order valence-corrected chi connectivity index (χ2v) is 5.82. The first kappa shape index (κ1) is 15.8. The summed E-state index contributed by atoms with van der Waals surface area (Å²) >= 11 is 3.48. The highest BCUT2D eigenvalue weighted by Gasteiger charge is 2.31. The van der Waals surface area contributed by atoms with Gasteiger partial charge >= 0.3 is 0 Å². The number of carbonyl (C=O) groups excluding carboxylic acids is 1. The second kappa shape index (κ2) is 6.91. The summed E-state index contributed by atoms with van der Waals surface area (Å²) in [6, 6.07) is 0. The van der Waals surface area contributed by atoms with Crippen LogP contribution in [0.4, 0.5) is 0 Å². The van der Waals surface area contributed by atoms with Crippen molar-refractivity contribution in [3.63, 3.8) is 0 Å². The largest absolute Gasteiger partial charge is 0.473 e. The van der Waals surface area contributed by atoms with Crippen molar-refractivity contribution in [3.05, 3.63) is 34.1 Å². The first-order valence-corrected chi connectivity index (χ1v) is 7.59. The molecule has 0 aromatic heterocycles. The molecule has 2 rings (SSSR count). The molecule has 1 amide bonds. The summed E-state index contributed by atoms with van der Waals surface area (Å²) < 4.78 is 6.24. The SMILES string of the molecule is CC1CCNN(C2=C(COC(=N)/C=C\N)C(Br)=CC2)C1=O. The summed E-state index contributed by atoms with van der Waals surface area (Å²) in [5.74, 6) is 0.0721.